The van der Waals surface area contributed by atoms with E-state index in [0.29, 0.717) is 13.0 Å². The first-order valence-electron chi connectivity index (χ1n) is 4.04. The molecule has 0 aliphatic rings. The number of aliphatic hydroxyl groups is 1. The summed E-state index contributed by atoms with van der Waals surface area (Å²) < 4.78 is 1.44. The fourth-order valence-corrected chi connectivity index (χ4v) is 0.827. The normalized spacial score (nSPS) is 9.92. The smallest absolute Gasteiger partial charge is 0.241 e. The summed E-state index contributed by atoms with van der Waals surface area (Å²) in [6.07, 6.45) is 3.70. The second kappa shape index (κ2) is 5.26. The van der Waals surface area contributed by atoms with Crippen LogP contribution in [-0.2, 0) is 11.3 Å². The van der Waals surface area contributed by atoms with Gasteiger partial charge in [0.2, 0.25) is 5.91 Å². The van der Waals surface area contributed by atoms with Crippen LogP contribution in [0, 0.1) is 0 Å². The van der Waals surface area contributed by atoms with Crippen LogP contribution in [0.25, 0.3) is 0 Å². The van der Waals surface area contributed by atoms with E-state index in [4.69, 9.17) is 5.11 Å². The lowest BCUT2D eigenvalue weighted by Crippen LogP contribution is -2.29. The van der Waals surface area contributed by atoms with Gasteiger partial charge in [-0.2, -0.15) is 0 Å². The Kier molecular flexibility index (Phi) is 3.90. The lowest BCUT2D eigenvalue weighted by Gasteiger charge is -2.02. The van der Waals surface area contributed by atoms with Crippen molar-refractivity contribution >= 4 is 5.91 Å². The van der Waals surface area contributed by atoms with Gasteiger partial charge < -0.3 is 10.4 Å². The minimum absolute atomic E-state index is 0.0869. The van der Waals surface area contributed by atoms with Crippen molar-refractivity contribution in [3.63, 3.8) is 0 Å². The summed E-state index contributed by atoms with van der Waals surface area (Å²) in [7, 11) is 0. The number of nitrogens with zero attached hydrogens (tertiary/aromatic N) is 3. The Hall–Kier alpha value is -1.43. The predicted octanol–water partition coefficient (Wildman–Crippen LogP) is -1.22. The lowest BCUT2D eigenvalue weighted by atomic mass is 10.4. The van der Waals surface area contributed by atoms with E-state index in [2.05, 4.69) is 15.6 Å². The molecular weight excluding hydrogens is 172 g/mol. The molecule has 0 unspecified atom stereocenters. The van der Waals surface area contributed by atoms with Gasteiger partial charge in [0.05, 0.1) is 6.20 Å². The van der Waals surface area contributed by atoms with E-state index in [1.165, 1.54) is 10.9 Å². The quantitative estimate of drug-likeness (QED) is 0.562. The maximum atomic E-state index is 11.1. The Morgan fingerprint density at radius 3 is 3.08 bits per heavy atom. The van der Waals surface area contributed by atoms with Gasteiger partial charge >= 0.3 is 0 Å². The van der Waals surface area contributed by atoms with Crippen molar-refractivity contribution in [2.75, 3.05) is 13.2 Å². The summed E-state index contributed by atoms with van der Waals surface area (Å²) in [5.41, 5.74) is 0. The number of hydrogen-bond donors (Lipinski definition) is 2. The number of carbonyl (C=O) groups excluding carboxylic acids is 1. The number of aliphatic hydroxyl groups excluding tert-OH is 1. The molecule has 72 valence electrons. The maximum Gasteiger partial charge on any atom is 0.241 e. The van der Waals surface area contributed by atoms with Crippen molar-refractivity contribution in [3.8, 4) is 0 Å². The molecule has 0 saturated carbocycles. The lowest BCUT2D eigenvalue weighted by molar-refractivity contribution is -0.121. The predicted molar refractivity (Wildman–Crippen MR) is 44.7 cm³/mol. The van der Waals surface area contributed by atoms with Gasteiger partial charge in [0, 0.05) is 19.3 Å². The number of rotatable bonds is 5. The number of nitrogens with one attached hydrogen (secondary N) is 1. The van der Waals surface area contributed by atoms with E-state index in [1.54, 1.807) is 6.20 Å². The molecule has 6 nitrogen and oxygen atoms in total. The molecule has 0 aliphatic carbocycles. The van der Waals surface area contributed by atoms with Gasteiger partial charge in [0.15, 0.2) is 0 Å². The zero-order chi connectivity index (χ0) is 9.52. The number of amides is 1. The molecule has 1 aromatic rings. The van der Waals surface area contributed by atoms with Crippen LogP contribution in [0.2, 0.25) is 0 Å². The highest BCUT2D eigenvalue weighted by Crippen LogP contribution is 1.81. The molecule has 0 atom stereocenters. The number of aromatic nitrogens is 3. The van der Waals surface area contributed by atoms with E-state index in [-0.39, 0.29) is 19.1 Å². The summed E-state index contributed by atoms with van der Waals surface area (Å²) >= 11 is 0. The zero-order valence-corrected chi connectivity index (χ0v) is 7.18. The molecule has 1 heterocycles. The molecule has 13 heavy (non-hydrogen) atoms. The Morgan fingerprint density at radius 2 is 2.46 bits per heavy atom. The summed E-state index contributed by atoms with van der Waals surface area (Å²) in [6.45, 7) is 0.749. The Balaban J connectivity index is 2.18. The van der Waals surface area contributed by atoms with Crippen molar-refractivity contribution in [1.82, 2.24) is 20.3 Å². The first-order valence-corrected chi connectivity index (χ1v) is 4.04. The van der Waals surface area contributed by atoms with Crippen LogP contribution in [0.4, 0.5) is 0 Å². The third-order valence-corrected chi connectivity index (χ3v) is 1.43. The molecule has 1 aromatic heterocycles. The third kappa shape index (κ3) is 3.66. The summed E-state index contributed by atoms with van der Waals surface area (Å²) in [6, 6.07) is 0. The average Bonchev–Trinajstić information content (AvgIpc) is 2.57. The summed E-state index contributed by atoms with van der Waals surface area (Å²) in [4.78, 5) is 11.1. The standard InChI is InChI=1S/C7H12N4O2/c12-5-1-2-8-7(13)6-11-4-3-9-10-11/h3-4,12H,1-2,5-6H2,(H,8,13). The highest BCUT2D eigenvalue weighted by atomic mass is 16.3. The van der Waals surface area contributed by atoms with Crippen molar-refractivity contribution in [1.29, 1.82) is 0 Å². The molecule has 0 aromatic carbocycles. The van der Waals surface area contributed by atoms with Gasteiger partial charge in [0.25, 0.3) is 0 Å². The molecule has 0 aliphatic heterocycles. The van der Waals surface area contributed by atoms with Gasteiger partial charge in [-0.3, -0.25) is 4.79 Å². The third-order valence-electron chi connectivity index (χ3n) is 1.43. The highest BCUT2D eigenvalue weighted by molar-refractivity contribution is 5.75. The monoisotopic (exact) mass is 184 g/mol. The minimum Gasteiger partial charge on any atom is -0.396 e. The Labute approximate surface area is 75.6 Å². The maximum absolute atomic E-state index is 11.1. The fourth-order valence-electron chi connectivity index (χ4n) is 0.827. The first-order chi connectivity index (χ1) is 6.33. The van der Waals surface area contributed by atoms with Crippen molar-refractivity contribution in [3.05, 3.63) is 12.4 Å². The summed E-state index contributed by atoms with van der Waals surface area (Å²) in [5.74, 6) is -0.126. The molecule has 0 saturated heterocycles. The average molecular weight is 184 g/mol. The van der Waals surface area contributed by atoms with Gasteiger partial charge in [-0.25, -0.2) is 4.68 Å². The molecule has 1 amide bonds. The fraction of sp³-hybridized carbons (Fsp3) is 0.571. The Morgan fingerprint density at radius 1 is 1.62 bits per heavy atom. The van der Waals surface area contributed by atoms with Crippen molar-refractivity contribution in [2.45, 2.75) is 13.0 Å². The molecule has 0 spiro atoms. The number of hydrogen-bond acceptors (Lipinski definition) is 4. The van der Waals surface area contributed by atoms with Gasteiger partial charge in [-0.05, 0) is 6.42 Å². The highest BCUT2D eigenvalue weighted by Gasteiger charge is 2.01. The number of carbonyl (C=O) groups is 1. The molecular formula is C7H12N4O2. The molecule has 1 rings (SSSR count). The van der Waals surface area contributed by atoms with E-state index < -0.39 is 0 Å². The summed E-state index contributed by atoms with van der Waals surface area (Å²) in [5, 5.41) is 18.3. The molecule has 2 N–H and O–H groups in total. The van der Waals surface area contributed by atoms with Crippen LogP contribution in [0.1, 0.15) is 6.42 Å². The van der Waals surface area contributed by atoms with Crippen LogP contribution < -0.4 is 5.32 Å². The van der Waals surface area contributed by atoms with Crippen molar-refractivity contribution in [2.24, 2.45) is 0 Å². The topological polar surface area (TPSA) is 80.0 Å². The second-order valence-corrected chi connectivity index (χ2v) is 2.53. The van der Waals surface area contributed by atoms with Crippen LogP contribution in [-0.4, -0.2) is 39.2 Å². The van der Waals surface area contributed by atoms with Gasteiger partial charge in [-0.1, -0.05) is 5.21 Å². The molecule has 0 fully saturated rings. The minimum atomic E-state index is -0.126. The first kappa shape index (κ1) is 9.66. The van der Waals surface area contributed by atoms with Crippen molar-refractivity contribution < 1.29 is 9.90 Å². The van der Waals surface area contributed by atoms with E-state index in [9.17, 15) is 4.79 Å². The van der Waals surface area contributed by atoms with Crippen LogP contribution >= 0.6 is 0 Å². The van der Waals surface area contributed by atoms with E-state index in [1.807, 2.05) is 0 Å². The van der Waals surface area contributed by atoms with Crippen LogP contribution in [0.5, 0.6) is 0 Å². The molecule has 6 heteroatoms. The van der Waals surface area contributed by atoms with Gasteiger partial charge in [0.1, 0.15) is 6.54 Å². The van der Waals surface area contributed by atoms with E-state index >= 15 is 0 Å². The second-order valence-electron chi connectivity index (χ2n) is 2.53. The largest absolute Gasteiger partial charge is 0.396 e. The Bertz CT molecular complexity index is 247. The van der Waals surface area contributed by atoms with E-state index in [0.717, 1.165) is 0 Å². The molecule has 0 radical (unpaired) electrons. The SMILES string of the molecule is O=C(Cn1ccnn1)NCCCO. The van der Waals surface area contributed by atoms with Crippen LogP contribution in [0.15, 0.2) is 12.4 Å². The van der Waals surface area contributed by atoms with Gasteiger partial charge in [-0.15, -0.1) is 5.10 Å². The zero-order valence-electron chi connectivity index (χ0n) is 7.18. The molecule has 0 bridgehead atoms. The van der Waals surface area contributed by atoms with Crippen LogP contribution in [0.3, 0.4) is 0 Å².